The number of hydrogen-bond donors (Lipinski definition) is 4. The van der Waals surface area contributed by atoms with Gasteiger partial charge in [0.25, 0.3) is 5.56 Å². The summed E-state index contributed by atoms with van der Waals surface area (Å²) in [5, 5.41) is 8.26. The first kappa shape index (κ1) is 20.8. The van der Waals surface area contributed by atoms with Crippen LogP contribution in [-0.4, -0.2) is 48.4 Å². The van der Waals surface area contributed by atoms with Crippen LogP contribution >= 0.6 is 0 Å². The van der Waals surface area contributed by atoms with Gasteiger partial charge in [0.15, 0.2) is 0 Å². The second-order valence-corrected chi connectivity index (χ2v) is 8.60. The van der Waals surface area contributed by atoms with Crippen molar-refractivity contribution < 1.29 is 4.74 Å². The number of aromatic nitrogens is 2. The summed E-state index contributed by atoms with van der Waals surface area (Å²) in [5.41, 5.74) is 8.21. The molecule has 1 aliphatic carbocycles. The number of anilines is 4. The summed E-state index contributed by atoms with van der Waals surface area (Å²) < 4.78 is 5.44. The predicted octanol–water partition coefficient (Wildman–Crippen LogP) is 3.19. The van der Waals surface area contributed by atoms with E-state index < -0.39 is 0 Å². The summed E-state index contributed by atoms with van der Waals surface area (Å²) in [6.07, 6.45) is 6.06. The highest BCUT2D eigenvalue weighted by Crippen LogP contribution is 2.28. The molecule has 2 aliphatic rings. The van der Waals surface area contributed by atoms with Crippen LogP contribution in [0.3, 0.4) is 0 Å². The largest absolute Gasteiger partial charge is 0.378 e. The molecule has 0 spiro atoms. The molecule has 2 fully saturated rings. The highest BCUT2D eigenvalue weighted by atomic mass is 16.5. The molecular weight excluding hydrogens is 404 g/mol. The molecule has 32 heavy (non-hydrogen) atoms. The topological polar surface area (TPSA) is 108 Å². The first-order valence-electron chi connectivity index (χ1n) is 11.4. The Morgan fingerprint density at radius 2 is 1.88 bits per heavy atom. The molecular formula is C24H30N6O2. The maximum Gasteiger partial charge on any atom is 0.259 e. The highest BCUT2D eigenvalue weighted by Gasteiger charge is 2.22. The first-order valence-corrected chi connectivity index (χ1v) is 11.4. The van der Waals surface area contributed by atoms with Crippen molar-refractivity contribution in [2.45, 2.75) is 37.8 Å². The predicted molar refractivity (Wildman–Crippen MR) is 129 cm³/mol. The van der Waals surface area contributed by atoms with Crippen LogP contribution in [0.1, 0.15) is 25.7 Å². The fourth-order valence-electron chi connectivity index (χ4n) is 4.62. The van der Waals surface area contributed by atoms with Gasteiger partial charge in [0, 0.05) is 42.7 Å². The van der Waals surface area contributed by atoms with Crippen molar-refractivity contribution in [3.05, 3.63) is 52.9 Å². The van der Waals surface area contributed by atoms with E-state index >= 15 is 0 Å². The minimum Gasteiger partial charge on any atom is -0.378 e. The van der Waals surface area contributed by atoms with Crippen molar-refractivity contribution in [3.8, 4) is 0 Å². The number of fused-ring (bicyclic) bond motifs is 1. The van der Waals surface area contributed by atoms with Crippen LogP contribution in [0.15, 0.2) is 47.4 Å². The number of hydrogen-bond acceptors (Lipinski definition) is 7. The zero-order valence-corrected chi connectivity index (χ0v) is 18.1. The molecule has 0 unspecified atom stereocenters. The average Bonchev–Trinajstić information content (AvgIpc) is 2.82. The molecule has 3 aromatic rings. The number of morpholine rings is 1. The number of H-pyrrole nitrogens is 1. The number of rotatable bonds is 5. The molecule has 1 aromatic carbocycles. The Labute approximate surface area is 187 Å². The molecule has 5 N–H and O–H groups in total. The third kappa shape index (κ3) is 4.42. The summed E-state index contributed by atoms with van der Waals surface area (Å²) >= 11 is 0. The van der Waals surface area contributed by atoms with Gasteiger partial charge in [0.1, 0.15) is 11.6 Å². The molecule has 2 atom stereocenters. The van der Waals surface area contributed by atoms with Crippen LogP contribution < -0.4 is 26.8 Å². The summed E-state index contributed by atoms with van der Waals surface area (Å²) in [6.45, 7) is 3.29. The summed E-state index contributed by atoms with van der Waals surface area (Å²) in [6, 6.07) is 12.3. The van der Waals surface area contributed by atoms with Crippen molar-refractivity contribution in [2.75, 3.05) is 41.8 Å². The van der Waals surface area contributed by atoms with E-state index in [1.165, 1.54) is 12.8 Å². The smallest absolute Gasteiger partial charge is 0.259 e. The van der Waals surface area contributed by atoms with Crippen LogP contribution in [-0.2, 0) is 4.74 Å². The molecule has 2 aromatic heterocycles. The van der Waals surface area contributed by atoms with Crippen molar-refractivity contribution in [2.24, 2.45) is 5.73 Å². The molecule has 1 saturated heterocycles. The fraction of sp³-hybridized carbons (Fsp3) is 0.417. The lowest BCUT2D eigenvalue weighted by Crippen LogP contribution is -2.42. The second-order valence-electron chi connectivity index (χ2n) is 8.60. The second kappa shape index (κ2) is 9.18. The van der Waals surface area contributed by atoms with Crippen molar-refractivity contribution in [1.82, 2.24) is 9.97 Å². The number of nitrogens with zero attached hydrogens (tertiary/aromatic N) is 2. The molecule has 1 saturated carbocycles. The average molecular weight is 435 g/mol. The Morgan fingerprint density at radius 3 is 2.66 bits per heavy atom. The van der Waals surface area contributed by atoms with E-state index in [9.17, 15) is 4.79 Å². The fourth-order valence-corrected chi connectivity index (χ4v) is 4.62. The Hall–Kier alpha value is -3.10. The summed E-state index contributed by atoms with van der Waals surface area (Å²) in [4.78, 5) is 22.5. The van der Waals surface area contributed by atoms with E-state index in [0.717, 1.165) is 61.7 Å². The standard InChI is InChI=1S/C24H30N6O2/c25-19-3-1-2-4-20(19)28-21-15-16-9-10-26-24(31)22(16)23(29-21)27-17-5-7-18(8-6-17)30-11-13-32-14-12-30/h5-10,15,19-20H,1-4,11-14,25H2,(H,26,31)(H2,27,28,29)/t19-,20-/m0/s1. The van der Waals surface area contributed by atoms with Gasteiger partial charge < -0.3 is 31.0 Å². The number of nitrogens with one attached hydrogen (secondary N) is 3. The lowest BCUT2D eigenvalue weighted by Gasteiger charge is -2.30. The number of nitrogens with two attached hydrogens (primary N) is 1. The SMILES string of the molecule is N[C@H]1CCCC[C@@H]1Nc1cc2cc[nH]c(=O)c2c(Nc2ccc(N3CCOCC3)cc2)n1. The van der Waals surface area contributed by atoms with Gasteiger partial charge in [-0.25, -0.2) is 4.98 Å². The minimum atomic E-state index is -0.164. The summed E-state index contributed by atoms with van der Waals surface area (Å²) in [7, 11) is 0. The van der Waals surface area contributed by atoms with Gasteiger partial charge in [0.2, 0.25) is 0 Å². The van der Waals surface area contributed by atoms with Crippen molar-refractivity contribution in [3.63, 3.8) is 0 Å². The maximum atomic E-state index is 12.6. The van der Waals surface area contributed by atoms with Crippen LogP contribution in [0.25, 0.3) is 10.8 Å². The molecule has 8 heteroatoms. The molecule has 0 radical (unpaired) electrons. The zero-order valence-electron chi connectivity index (χ0n) is 18.1. The Bertz CT molecular complexity index is 1120. The molecule has 1 aliphatic heterocycles. The number of pyridine rings is 2. The van der Waals surface area contributed by atoms with Crippen LogP contribution in [0.2, 0.25) is 0 Å². The zero-order chi connectivity index (χ0) is 21.9. The van der Waals surface area contributed by atoms with Crippen LogP contribution in [0, 0.1) is 0 Å². The molecule has 3 heterocycles. The van der Waals surface area contributed by atoms with Gasteiger partial charge in [-0.2, -0.15) is 0 Å². The van der Waals surface area contributed by atoms with Crippen molar-refractivity contribution >= 4 is 33.8 Å². The van der Waals surface area contributed by atoms with E-state index in [2.05, 4.69) is 32.7 Å². The van der Waals surface area contributed by atoms with Crippen LogP contribution in [0.4, 0.5) is 23.0 Å². The van der Waals surface area contributed by atoms with Crippen LogP contribution in [0.5, 0.6) is 0 Å². The van der Waals surface area contributed by atoms with Gasteiger partial charge in [-0.05, 0) is 54.6 Å². The van der Waals surface area contributed by atoms with E-state index in [1.54, 1.807) is 6.20 Å². The lowest BCUT2D eigenvalue weighted by molar-refractivity contribution is 0.122. The summed E-state index contributed by atoms with van der Waals surface area (Å²) in [5.74, 6) is 1.27. The molecule has 168 valence electrons. The van der Waals surface area contributed by atoms with Gasteiger partial charge >= 0.3 is 0 Å². The van der Waals surface area contributed by atoms with Gasteiger partial charge in [0.05, 0.1) is 18.6 Å². The monoisotopic (exact) mass is 434 g/mol. The number of aromatic amines is 1. The minimum absolute atomic E-state index is 0.115. The highest BCUT2D eigenvalue weighted by molar-refractivity contribution is 5.94. The van der Waals surface area contributed by atoms with Crippen molar-refractivity contribution in [1.29, 1.82) is 0 Å². The van der Waals surface area contributed by atoms with Gasteiger partial charge in [-0.15, -0.1) is 0 Å². The lowest BCUT2D eigenvalue weighted by atomic mass is 9.91. The normalized spacial score (nSPS) is 21.5. The Kier molecular flexibility index (Phi) is 5.96. The van der Waals surface area contributed by atoms with E-state index in [-0.39, 0.29) is 17.6 Å². The van der Waals surface area contributed by atoms with Gasteiger partial charge in [-0.3, -0.25) is 4.79 Å². The molecule has 0 amide bonds. The molecule has 0 bridgehead atoms. The maximum absolute atomic E-state index is 12.6. The Morgan fingerprint density at radius 1 is 1.09 bits per heavy atom. The number of ether oxygens (including phenoxy) is 1. The Balaban J connectivity index is 1.43. The van der Waals surface area contributed by atoms with E-state index in [0.29, 0.717) is 11.2 Å². The quantitative estimate of drug-likeness (QED) is 0.488. The molecule has 5 rings (SSSR count). The number of benzene rings is 1. The first-order chi connectivity index (χ1) is 15.7. The third-order valence-corrected chi connectivity index (χ3v) is 6.41. The van der Waals surface area contributed by atoms with E-state index in [4.69, 9.17) is 15.5 Å². The third-order valence-electron chi connectivity index (χ3n) is 6.41. The van der Waals surface area contributed by atoms with E-state index in [1.807, 2.05) is 24.3 Å². The molecule has 8 nitrogen and oxygen atoms in total. The van der Waals surface area contributed by atoms with Gasteiger partial charge in [-0.1, -0.05) is 12.8 Å².